The Morgan fingerprint density at radius 1 is 1.50 bits per heavy atom. The number of aromatic nitrogens is 1. The smallest absolute Gasteiger partial charge is 0.213 e. The second-order valence-corrected chi connectivity index (χ2v) is 3.66. The van der Waals surface area contributed by atoms with Gasteiger partial charge in [0.2, 0.25) is 5.88 Å². The van der Waals surface area contributed by atoms with E-state index in [9.17, 15) is 0 Å². The van der Waals surface area contributed by atoms with Crippen molar-refractivity contribution >= 4 is 0 Å². The van der Waals surface area contributed by atoms with Crippen LogP contribution in [0.25, 0.3) is 0 Å². The SMILES string of the molecule is C=CCCOc1cc(CNCC)cc(C)n1. The molecule has 0 atom stereocenters. The van der Waals surface area contributed by atoms with E-state index in [0.29, 0.717) is 12.5 Å². The lowest BCUT2D eigenvalue weighted by molar-refractivity contribution is 0.311. The number of rotatable bonds is 7. The molecular weight excluding hydrogens is 200 g/mol. The van der Waals surface area contributed by atoms with Crippen LogP contribution in [0.2, 0.25) is 0 Å². The number of pyridine rings is 1. The molecule has 1 rings (SSSR count). The zero-order valence-corrected chi connectivity index (χ0v) is 10.1. The van der Waals surface area contributed by atoms with Crippen molar-refractivity contribution in [1.29, 1.82) is 0 Å². The monoisotopic (exact) mass is 220 g/mol. The third-order valence-electron chi connectivity index (χ3n) is 2.14. The summed E-state index contributed by atoms with van der Waals surface area (Å²) in [5.74, 6) is 0.703. The van der Waals surface area contributed by atoms with Gasteiger partial charge < -0.3 is 10.1 Å². The van der Waals surface area contributed by atoms with Crippen LogP contribution in [0, 0.1) is 6.92 Å². The molecule has 0 radical (unpaired) electrons. The zero-order chi connectivity index (χ0) is 11.8. The Balaban J connectivity index is 2.61. The summed E-state index contributed by atoms with van der Waals surface area (Å²) in [6.07, 6.45) is 2.69. The summed E-state index contributed by atoms with van der Waals surface area (Å²) in [4.78, 5) is 4.33. The minimum Gasteiger partial charge on any atom is -0.477 e. The van der Waals surface area contributed by atoms with Gasteiger partial charge in [0.05, 0.1) is 6.61 Å². The van der Waals surface area contributed by atoms with Crippen molar-refractivity contribution in [1.82, 2.24) is 10.3 Å². The fraction of sp³-hybridized carbons (Fsp3) is 0.462. The quantitative estimate of drug-likeness (QED) is 0.566. The average molecular weight is 220 g/mol. The Kier molecular flexibility index (Phi) is 5.57. The molecule has 1 aromatic heterocycles. The number of nitrogens with zero attached hydrogens (tertiary/aromatic N) is 1. The predicted octanol–water partition coefficient (Wildman–Crippen LogP) is 2.45. The molecule has 1 aromatic rings. The highest BCUT2D eigenvalue weighted by atomic mass is 16.5. The Bertz CT molecular complexity index is 337. The Hall–Kier alpha value is -1.35. The molecule has 0 aliphatic heterocycles. The fourth-order valence-electron chi connectivity index (χ4n) is 1.40. The van der Waals surface area contributed by atoms with Crippen LogP contribution < -0.4 is 10.1 Å². The van der Waals surface area contributed by atoms with Gasteiger partial charge in [0.15, 0.2) is 0 Å². The minimum atomic E-state index is 0.639. The van der Waals surface area contributed by atoms with Gasteiger partial charge in [-0.25, -0.2) is 4.98 Å². The summed E-state index contributed by atoms with van der Waals surface area (Å²) in [7, 11) is 0. The highest BCUT2D eigenvalue weighted by molar-refractivity contribution is 5.24. The van der Waals surface area contributed by atoms with Crippen LogP contribution in [0.1, 0.15) is 24.6 Å². The summed E-state index contributed by atoms with van der Waals surface area (Å²) >= 11 is 0. The van der Waals surface area contributed by atoms with Gasteiger partial charge in [0.25, 0.3) is 0 Å². The van der Waals surface area contributed by atoms with Gasteiger partial charge in [-0.05, 0) is 31.5 Å². The van der Waals surface area contributed by atoms with E-state index in [4.69, 9.17) is 4.74 Å². The van der Waals surface area contributed by atoms with Crippen molar-refractivity contribution in [3.8, 4) is 5.88 Å². The maximum Gasteiger partial charge on any atom is 0.213 e. The van der Waals surface area contributed by atoms with Gasteiger partial charge in [-0.2, -0.15) is 0 Å². The summed E-state index contributed by atoms with van der Waals surface area (Å²) < 4.78 is 5.54. The highest BCUT2D eigenvalue weighted by Gasteiger charge is 2.00. The van der Waals surface area contributed by atoms with Crippen molar-refractivity contribution in [3.05, 3.63) is 36.0 Å². The molecule has 1 N–H and O–H groups in total. The van der Waals surface area contributed by atoms with E-state index in [-0.39, 0.29) is 0 Å². The molecule has 0 amide bonds. The van der Waals surface area contributed by atoms with E-state index in [0.717, 1.165) is 25.2 Å². The molecule has 0 fully saturated rings. The number of aryl methyl sites for hydroxylation is 1. The third-order valence-corrected chi connectivity index (χ3v) is 2.14. The molecule has 0 bridgehead atoms. The standard InChI is InChI=1S/C13H20N2O/c1-4-6-7-16-13-9-12(10-14-5-2)8-11(3)15-13/h4,8-9,14H,1,5-7,10H2,2-3H3. The molecule has 0 unspecified atom stereocenters. The molecule has 3 nitrogen and oxygen atoms in total. The lowest BCUT2D eigenvalue weighted by atomic mass is 10.2. The first-order chi connectivity index (χ1) is 7.76. The normalized spacial score (nSPS) is 10.1. The van der Waals surface area contributed by atoms with E-state index in [1.54, 1.807) is 0 Å². The van der Waals surface area contributed by atoms with Gasteiger partial charge >= 0.3 is 0 Å². The molecular formula is C13H20N2O. The molecule has 0 aliphatic rings. The van der Waals surface area contributed by atoms with Gasteiger partial charge in [-0.3, -0.25) is 0 Å². The van der Waals surface area contributed by atoms with Crippen LogP contribution >= 0.6 is 0 Å². The van der Waals surface area contributed by atoms with E-state index >= 15 is 0 Å². The lowest BCUT2D eigenvalue weighted by Crippen LogP contribution is -2.12. The van der Waals surface area contributed by atoms with Crippen molar-refractivity contribution in [2.75, 3.05) is 13.2 Å². The first kappa shape index (κ1) is 12.7. The first-order valence-electron chi connectivity index (χ1n) is 5.68. The zero-order valence-electron chi connectivity index (χ0n) is 10.1. The molecule has 16 heavy (non-hydrogen) atoms. The molecule has 0 spiro atoms. The second-order valence-electron chi connectivity index (χ2n) is 3.66. The second kappa shape index (κ2) is 7.01. The number of hydrogen-bond donors (Lipinski definition) is 1. The third kappa shape index (κ3) is 4.45. The largest absolute Gasteiger partial charge is 0.477 e. The van der Waals surface area contributed by atoms with Crippen LogP contribution in [0.4, 0.5) is 0 Å². The van der Waals surface area contributed by atoms with Crippen LogP contribution in [-0.2, 0) is 6.54 Å². The van der Waals surface area contributed by atoms with Crippen molar-refractivity contribution in [3.63, 3.8) is 0 Å². The summed E-state index contributed by atoms with van der Waals surface area (Å²) in [6.45, 7) is 10.2. The Labute approximate surface area is 97.5 Å². The molecule has 1 heterocycles. The Morgan fingerprint density at radius 3 is 3.00 bits per heavy atom. The van der Waals surface area contributed by atoms with Crippen LogP contribution in [0.15, 0.2) is 24.8 Å². The summed E-state index contributed by atoms with van der Waals surface area (Å²) in [5, 5.41) is 3.29. The number of hydrogen-bond acceptors (Lipinski definition) is 3. The lowest BCUT2D eigenvalue weighted by Gasteiger charge is -2.08. The van der Waals surface area contributed by atoms with E-state index in [1.807, 2.05) is 19.1 Å². The van der Waals surface area contributed by atoms with Gasteiger partial charge in [0.1, 0.15) is 0 Å². The summed E-state index contributed by atoms with van der Waals surface area (Å²) in [5.41, 5.74) is 2.20. The summed E-state index contributed by atoms with van der Waals surface area (Å²) in [6, 6.07) is 4.06. The minimum absolute atomic E-state index is 0.639. The fourth-order valence-corrected chi connectivity index (χ4v) is 1.40. The van der Waals surface area contributed by atoms with Crippen LogP contribution in [0.3, 0.4) is 0 Å². The molecule has 3 heteroatoms. The molecule has 0 saturated heterocycles. The maximum atomic E-state index is 5.54. The van der Waals surface area contributed by atoms with Crippen LogP contribution in [0.5, 0.6) is 5.88 Å². The van der Waals surface area contributed by atoms with Crippen molar-refractivity contribution < 1.29 is 4.74 Å². The van der Waals surface area contributed by atoms with E-state index in [2.05, 4.69) is 29.9 Å². The van der Waals surface area contributed by atoms with Gasteiger partial charge in [-0.1, -0.05) is 13.0 Å². The molecule has 88 valence electrons. The van der Waals surface area contributed by atoms with Gasteiger partial charge in [-0.15, -0.1) is 6.58 Å². The maximum absolute atomic E-state index is 5.54. The topological polar surface area (TPSA) is 34.1 Å². The number of ether oxygens (including phenoxy) is 1. The van der Waals surface area contributed by atoms with Crippen LogP contribution in [-0.4, -0.2) is 18.1 Å². The van der Waals surface area contributed by atoms with E-state index < -0.39 is 0 Å². The predicted molar refractivity (Wildman–Crippen MR) is 66.7 cm³/mol. The molecule has 0 aromatic carbocycles. The van der Waals surface area contributed by atoms with Gasteiger partial charge in [0, 0.05) is 18.3 Å². The number of nitrogens with one attached hydrogen (secondary N) is 1. The average Bonchev–Trinajstić information content (AvgIpc) is 2.26. The van der Waals surface area contributed by atoms with Crippen molar-refractivity contribution in [2.24, 2.45) is 0 Å². The molecule has 0 saturated carbocycles. The first-order valence-corrected chi connectivity index (χ1v) is 5.68. The Morgan fingerprint density at radius 2 is 2.31 bits per heavy atom. The van der Waals surface area contributed by atoms with Crippen molar-refractivity contribution in [2.45, 2.75) is 26.8 Å². The molecule has 0 aliphatic carbocycles. The highest BCUT2D eigenvalue weighted by Crippen LogP contribution is 2.12. The van der Waals surface area contributed by atoms with E-state index in [1.165, 1.54) is 5.56 Å².